The van der Waals surface area contributed by atoms with Gasteiger partial charge in [0.2, 0.25) is 0 Å². The number of aryl methyl sites for hydroxylation is 1. The van der Waals surface area contributed by atoms with E-state index in [2.05, 4.69) is 6.07 Å². The SMILES string of the molecule is CC(C)(CCCc1cccc(Oc2ccccc2)c1)c1cccc(C(F)(F)F)c1. The molecule has 3 aromatic carbocycles. The van der Waals surface area contributed by atoms with Crippen LogP contribution in [0.1, 0.15) is 43.4 Å². The predicted molar refractivity (Wildman–Crippen MR) is 110 cm³/mol. The van der Waals surface area contributed by atoms with Crippen LogP contribution in [-0.4, -0.2) is 0 Å². The Balaban J connectivity index is 1.61. The molecule has 152 valence electrons. The highest BCUT2D eigenvalue weighted by Gasteiger charge is 2.32. The molecule has 0 aliphatic heterocycles. The Bertz CT molecular complexity index is 930. The number of hydrogen-bond acceptors (Lipinski definition) is 1. The zero-order valence-corrected chi connectivity index (χ0v) is 16.7. The topological polar surface area (TPSA) is 9.23 Å². The van der Waals surface area contributed by atoms with Gasteiger partial charge in [0.25, 0.3) is 0 Å². The Hall–Kier alpha value is -2.75. The largest absolute Gasteiger partial charge is 0.457 e. The number of halogens is 3. The van der Waals surface area contributed by atoms with Gasteiger partial charge in [0.05, 0.1) is 5.56 Å². The molecule has 29 heavy (non-hydrogen) atoms. The van der Waals surface area contributed by atoms with Crippen molar-refractivity contribution in [1.82, 2.24) is 0 Å². The second kappa shape index (κ2) is 8.73. The molecule has 0 heterocycles. The minimum Gasteiger partial charge on any atom is -0.457 e. The van der Waals surface area contributed by atoms with Gasteiger partial charge in [-0.3, -0.25) is 0 Å². The van der Waals surface area contributed by atoms with Gasteiger partial charge in [0.1, 0.15) is 11.5 Å². The maximum Gasteiger partial charge on any atom is 0.416 e. The highest BCUT2D eigenvalue weighted by Crippen LogP contribution is 2.35. The van der Waals surface area contributed by atoms with Gasteiger partial charge in [0.15, 0.2) is 0 Å². The third kappa shape index (κ3) is 5.86. The highest BCUT2D eigenvalue weighted by molar-refractivity contribution is 5.34. The quantitative estimate of drug-likeness (QED) is 0.394. The van der Waals surface area contributed by atoms with Crippen molar-refractivity contribution in [2.75, 3.05) is 0 Å². The normalized spacial score (nSPS) is 12.0. The van der Waals surface area contributed by atoms with E-state index in [9.17, 15) is 13.2 Å². The standard InChI is InChI=1S/C25H25F3O/c1-24(2,20-11-7-12-21(18-20)25(26,27)28)16-8-10-19-9-6-15-23(17-19)29-22-13-4-3-5-14-22/h3-7,9,11-15,17-18H,8,10,16H2,1-2H3. The van der Waals surface area contributed by atoms with Gasteiger partial charge in [-0.05, 0) is 66.1 Å². The molecule has 0 bridgehead atoms. The van der Waals surface area contributed by atoms with Crippen LogP contribution < -0.4 is 4.74 Å². The highest BCUT2D eigenvalue weighted by atomic mass is 19.4. The minimum absolute atomic E-state index is 0.334. The molecule has 0 aliphatic carbocycles. The monoisotopic (exact) mass is 398 g/mol. The molecule has 0 amide bonds. The fourth-order valence-electron chi connectivity index (χ4n) is 3.38. The van der Waals surface area contributed by atoms with E-state index in [1.807, 2.05) is 62.4 Å². The van der Waals surface area contributed by atoms with Gasteiger partial charge >= 0.3 is 6.18 Å². The summed E-state index contributed by atoms with van der Waals surface area (Å²) in [5, 5.41) is 0. The van der Waals surface area contributed by atoms with Crippen LogP contribution in [0.4, 0.5) is 13.2 Å². The molecule has 0 saturated carbocycles. The van der Waals surface area contributed by atoms with Crippen molar-refractivity contribution >= 4 is 0 Å². The smallest absolute Gasteiger partial charge is 0.416 e. The number of para-hydroxylation sites is 1. The van der Waals surface area contributed by atoms with Crippen LogP contribution in [0.15, 0.2) is 78.9 Å². The van der Waals surface area contributed by atoms with Crippen LogP contribution >= 0.6 is 0 Å². The Morgan fingerprint density at radius 2 is 1.38 bits per heavy atom. The lowest BCUT2D eigenvalue weighted by molar-refractivity contribution is -0.137. The van der Waals surface area contributed by atoms with E-state index in [1.165, 1.54) is 12.1 Å². The van der Waals surface area contributed by atoms with Crippen LogP contribution in [0.3, 0.4) is 0 Å². The molecular weight excluding hydrogens is 373 g/mol. The van der Waals surface area contributed by atoms with E-state index in [-0.39, 0.29) is 5.41 Å². The molecule has 0 spiro atoms. The summed E-state index contributed by atoms with van der Waals surface area (Å²) in [5.74, 6) is 1.57. The molecule has 0 unspecified atom stereocenters. The van der Waals surface area contributed by atoms with Crippen LogP contribution in [0, 0.1) is 0 Å². The second-order valence-electron chi connectivity index (χ2n) is 7.88. The zero-order valence-electron chi connectivity index (χ0n) is 16.7. The molecule has 1 nitrogen and oxygen atoms in total. The molecule has 0 radical (unpaired) electrons. The lowest BCUT2D eigenvalue weighted by atomic mass is 9.79. The molecule has 0 N–H and O–H groups in total. The lowest BCUT2D eigenvalue weighted by Crippen LogP contribution is -2.18. The van der Waals surface area contributed by atoms with Crippen LogP contribution in [-0.2, 0) is 18.0 Å². The first kappa shape index (κ1) is 21.0. The van der Waals surface area contributed by atoms with E-state index in [0.29, 0.717) is 5.56 Å². The third-order valence-corrected chi connectivity index (χ3v) is 5.12. The van der Waals surface area contributed by atoms with Gasteiger partial charge in [-0.25, -0.2) is 0 Å². The van der Waals surface area contributed by atoms with Gasteiger partial charge in [0, 0.05) is 0 Å². The Labute approximate surface area is 170 Å². The Kier molecular flexibility index (Phi) is 6.31. The van der Waals surface area contributed by atoms with E-state index >= 15 is 0 Å². The fraction of sp³-hybridized carbons (Fsp3) is 0.280. The first-order chi connectivity index (χ1) is 13.7. The van der Waals surface area contributed by atoms with Gasteiger partial charge in [-0.15, -0.1) is 0 Å². The van der Waals surface area contributed by atoms with Crippen molar-refractivity contribution in [2.24, 2.45) is 0 Å². The summed E-state index contributed by atoms with van der Waals surface area (Å²) in [7, 11) is 0. The molecule has 0 aliphatic rings. The average molecular weight is 398 g/mol. The van der Waals surface area contributed by atoms with Gasteiger partial charge in [-0.2, -0.15) is 13.2 Å². The summed E-state index contributed by atoms with van der Waals surface area (Å²) in [5.41, 5.74) is 0.944. The second-order valence-corrected chi connectivity index (χ2v) is 7.88. The summed E-state index contributed by atoms with van der Waals surface area (Å²) in [4.78, 5) is 0. The number of alkyl halides is 3. The summed E-state index contributed by atoms with van der Waals surface area (Å²) in [6, 6.07) is 23.2. The molecule has 0 atom stereocenters. The van der Waals surface area contributed by atoms with Crippen LogP contribution in [0.2, 0.25) is 0 Å². The lowest BCUT2D eigenvalue weighted by Gasteiger charge is -2.26. The van der Waals surface area contributed by atoms with Crippen LogP contribution in [0.25, 0.3) is 0 Å². The van der Waals surface area contributed by atoms with Gasteiger partial charge < -0.3 is 4.74 Å². The van der Waals surface area contributed by atoms with Crippen molar-refractivity contribution in [1.29, 1.82) is 0 Å². The minimum atomic E-state index is -4.31. The molecule has 3 aromatic rings. The molecule has 4 heteroatoms. The molecular formula is C25H25F3O. The molecule has 3 rings (SSSR count). The predicted octanol–water partition coefficient (Wildman–Crippen LogP) is 7.80. The van der Waals surface area contributed by atoms with Gasteiger partial charge in [-0.1, -0.05) is 62.4 Å². The van der Waals surface area contributed by atoms with Crippen molar-refractivity contribution < 1.29 is 17.9 Å². The number of hydrogen-bond donors (Lipinski definition) is 0. The van der Waals surface area contributed by atoms with E-state index in [4.69, 9.17) is 4.74 Å². The van der Waals surface area contributed by atoms with Crippen molar-refractivity contribution in [3.05, 3.63) is 95.6 Å². The average Bonchev–Trinajstić information content (AvgIpc) is 2.68. The third-order valence-electron chi connectivity index (χ3n) is 5.12. The first-order valence-electron chi connectivity index (χ1n) is 9.74. The number of rotatable bonds is 7. The summed E-state index contributed by atoms with van der Waals surface area (Å²) >= 11 is 0. The first-order valence-corrected chi connectivity index (χ1v) is 9.74. The number of benzene rings is 3. The van der Waals surface area contributed by atoms with E-state index < -0.39 is 11.7 Å². The molecule has 0 fully saturated rings. The van der Waals surface area contributed by atoms with Crippen molar-refractivity contribution in [2.45, 2.75) is 44.7 Å². The van der Waals surface area contributed by atoms with Crippen molar-refractivity contribution in [3.8, 4) is 11.5 Å². The Morgan fingerprint density at radius 1 is 0.724 bits per heavy atom. The number of ether oxygens (including phenoxy) is 1. The molecule has 0 saturated heterocycles. The maximum atomic E-state index is 13.0. The van der Waals surface area contributed by atoms with Crippen LogP contribution in [0.5, 0.6) is 11.5 Å². The van der Waals surface area contributed by atoms with E-state index in [1.54, 1.807) is 6.07 Å². The van der Waals surface area contributed by atoms with E-state index in [0.717, 1.165) is 42.4 Å². The maximum absolute atomic E-state index is 13.0. The summed E-state index contributed by atoms with van der Waals surface area (Å²) < 4.78 is 44.9. The zero-order chi connectivity index (χ0) is 20.9. The summed E-state index contributed by atoms with van der Waals surface area (Å²) in [6.07, 6.45) is -1.81. The fourth-order valence-corrected chi connectivity index (χ4v) is 3.38. The summed E-state index contributed by atoms with van der Waals surface area (Å²) in [6.45, 7) is 3.99. The van der Waals surface area contributed by atoms with Crippen molar-refractivity contribution in [3.63, 3.8) is 0 Å². The Morgan fingerprint density at radius 3 is 2.10 bits per heavy atom. The molecule has 0 aromatic heterocycles.